The lowest BCUT2D eigenvalue weighted by molar-refractivity contribution is -0.115. The Kier molecular flexibility index (Phi) is 6.94. The van der Waals surface area contributed by atoms with Crippen LogP contribution in [0.25, 0.3) is 0 Å². The molecule has 2 heterocycles. The van der Waals surface area contributed by atoms with Crippen LogP contribution in [-0.2, 0) is 18.4 Å². The molecule has 0 unspecified atom stereocenters. The number of para-hydroxylation sites is 1. The van der Waals surface area contributed by atoms with Crippen molar-refractivity contribution in [2.75, 3.05) is 17.7 Å². The van der Waals surface area contributed by atoms with Crippen LogP contribution in [0.2, 0.25) is 0 Å². The lowest BCUT2D eigenvalue weighted by Crippen LogP contribution is -2.31. The van der Waals surface area contributed by atoms with E-state index in [1.807, 2.05) is 25.5 Å². The molecule has 2 amide bonds. The topological polar surface area (TPSA) is 93.3 Å². The maximum Gasteiger partial charge on any atom is 0.253 e. The summed E-state index contributed by atoms with van der Waals surface area (Å²) in [5.74, 6) is 1.55. The second kappa shape index (κ2) is 9.62. The second-order valence-corrected chi connectivity index (χ2v) is 8.02. The summed E-state index contributed by atoms with van der Waals surface area (Å²) in [5, 5.41) is 11.9. The molecule has 0 aliphatic carbocycles. The number of carbonyl (C=O) groups excluding carboxylic acids is 2. The molecule has 0 spiro atoms. The molecule has 9 heteroatoms. The van der Waals surface area contributed by atoms with Crippen molar-refractivity contribution in [3.63, 3.8) is 0 Å². The highest BCUT2D eigenvalue weighted by Gasteiger charge is 2.20. The van der Waals surface area contributed by atoms with Crippen molar-refractivity contribution >= 4 is 29.3 Å². The summed E-state index contributed by atoms with van der Waals surface area (Å²) >= 11 is 1.32. The average Bonchev–Trinajstić information content (AvgIpc) is 3.39. The molecule has 0 saturated heterocycles. The van der Waals surface area contributed by atoms with Gasteiger partial charge in [-0.1, -0.05) is 37.7 Å². The van der Waals surface area contributed by atoms with E-state index >= 15 is 0 Å². The normalized spacial score (nSPS) is 11.0. The van der Waals surface area contributed by atoms with Gasteiger partial charge >= 0.3 is 0 Å². The van der Waals surface area contributed by atoms with Gasteiger partial charge in [-0.2, -0.15) is 0 Å². The van der Waals surface area contributed by atoms with E-state index in [0.29, 0.717) is 22.2 Å². The SMILES string of the molecule is CC(C)c1nnc(SCC(=O)N(C)c2ccccc2C(=O)NCc2ccco2)n1C. The number of nitrogens with one attached hydrogen (secondary N) is 1. The number of nitrogens with zero attached hydrogens (tertiary/aromatic N) is 4. The molecule has 1 N–H and O–H groups in total. The number of furan rings is 1. The Bertz CT molecular complexity index is 1010. The van der Waals surface area contributed by atoms with E-state index in [1.54, 1.807) is 49.7 Å². The van der Waals surface area contributed by atoms with E-state index in [4.69, 9.17) is 4.42 Å². The molecule has 0 fully saturated rings. The minimum atomic E-state index is -0.274. The van der Waals surface area contributed by atoms with Crippen molar-refractivity contribution in [2.45, 2.75) is 31.5 Å². The van der Waals surface area contributed by atoms with Gasteiger partial charge in [0.25, 0.3) is 5.91 Å². The Morgan fingerprint density at radius 1 is 1.20 bits per heavy atom. The molecule has 0 radical (unpaired) electrons. The third-order valence-electron chi connectivity index (χ3n) is 4.60. The fourth-order valence-electron chi connectivity index (χ4n) is 2.95. The summed E-state index contributed by atoms with van der Waals surface area (Å²) in [7, 11) is 3.56. The molecule has 3 aromatic rings. The average molecular weight is 428 g/mol. The zero-order valence-electron chi connectivity index (χ0n) is 17.5. The summed E-state index contributed by atoms with van der Waals surface area (Å²) in [5.41, 5.74) is 0.964. The van der Waals surface area contributed by atoms with Crippen LogP contribution >= 0.6 is 11.8 Å². The van der Waals surface area contributed by atoms with Crippen molar-refractivity contribution in [1.29, 1.82) is 0 Å². The monoisotopic (exact) mass is 427 g/mol. The highest BCUT2D eigenvalue weighted by atomic mass is 32.2. The third kappa shape index (κ3) is 4.91. The minimum Gasteiger partial charge on any atom is -0.467 e. The highest BCUT2D eigenvalue weighted by molar-refractivity contribution is 7.99. The van der Waals surface area contributed by atoms with Crippen molar-refractivity contribution in [2.24, 2.45) is 7.05 Å². The second-order valence-electron chi connectivity index (χ2n) is 7.08. The smallest absolute Gasteiger partial charge is 0.253 e. The van der Waals surface area contributed by atoms with Gasteiger partial charge in [0, 0.05) is 20.0 Å². The lowest BCUT2D eigenvalue weighted by atomic mass is 10.1. The highest BCUT2D eigenvalue weighted by Crippen LogP contribution is 2.23. The van der Waals surface area contributed by atoms with Crippen LogP contribution in [0, 0.1) is 0 Å². The minimum absolute atomic E-state index is 0.139. The van der Waals surface area contributed by atoms with Gasteiger partial charge in [0.15, 0.2) is 5.16 Å². The number of rotatable bonds is 8. The molecule has 0 saturated carbocycles. The zero-order chi connectivity index (χ0) is 21.7. The van der Waals surface area contributed by atoms with Gasteiger partial charge < -0.3 is 19.2 Å². The van der Waals surface area contributed by atoms with E-state index in [0.717, 1.165) is 5.82 Å². The molecular formula is C21H25N5O3S. The van der Waals surface area contributed by atoms with E-state index in [-0.39, 0.29) is 30.0 Å². The van der Waals surface area contributed by atoms with Crippen molar-refractivity contribution in [3.8, 4) is 0 Å². The molecule has 2 aromatic heterocycles. The maximum absolute atomic E-state index is 12.8. The third-order valence-corrected chi connectivity index (χ3v) is 5.60. The Morgan fingerprint density at radius 3 is 2.63 bits per heavy atom. The Balaban J connectivity index is 1.66. The van der Waals surface area contributed by atoms with E-state index in [2.05, 4.69) is 15.5 Å². The van der Waals surface area contributed by atoms with Gasteiger partial charge in [0.2, 0.25) is 5.91 Å². The van der Waals surface area contributed by atoms with E-state index < -0.39 is 0 Å². The van der Waals surface area contributed by atoms with Crippen LogP contribution in [0.4, 0.5) is 5.69 Å². The Labute approximate surface area is 179 Å². The van der Waals surface area contributed by atoms with Crippen LogP contribution in [0.15, 0.2) is 52.2 Å². The number of aromatic nitrogens is 3. The van der Waals surface area contributed by atoms with Gasteiger partial charge in [-0.25, -0.2) is 0 Å². The molecule has 0 atom stereocenters. The maximum atomic E-state index is 12.8. The standard InChI is InChI=1S/C21H25N5O3S/c1-14(2)19-23-24-21(26(19)4)30-13-18(27)25(3)17-10-6-5-9-16(17)20(28)22-12-15-8-7-11-29-15/h5-11,14H,12-13H2,1-4H3,(H,22,28). The Morgan fingerprint density at radius 2 is 1.97 bits per heavy atom. The lowest BCUT2D eigenvalue weighted by Gasteiger charge is -2.20. The molecule has 0 aliphatic heterocycles. The summed E-state index contributed by atoms with van der Waals surface area (Å²) in [6.07, 6.45) is 1.56. The van der Waals surface area contributed by atoms with E-state index in [1.165, 1.54) is 16.7 Å². The number of amides is 2. The summed E-state index contributed by atoms with van der Waals surface area (Å²) in [6.45, 7) is 4.37. The van der Waals surface area contributed by atoms with E-state index in [9.17, 15) is 9.59 Å². The van der Waals surface area contributed by atoms with Gasteiger partial charge in [0.05, 0.1) is 29.8 Å². The molecule has 1 aromatic carbocycles. The molecule has 30 heavy (non-hydrogen) atoms. The van der Waals surface area contributed by atoms with Gasteiger partial charge in [-0.05, 0) is 24.3 Å². The first kappa shape index (κ1) is 21.6. The van der Waals surface area contributed by atoms with Crippen molar-refractivity contribution in [1.82, 2.24) is 20.1 Å². The number of hydrogen-bond acceptors (Lipinski definition) is 6. The van der Waals surface area contributed by atoms with Crippen LogP contribution in [0.3, 0.4) is 0 Å². The first-order valence-corrected chi connectivity index (χ1v) is 10.5. The molecule has 3 rings (SSSR count). The zero-order valence-corrected chi connectivity index (χ0v) is 18.3. The van der Waals surface area contributed by atoms with Crippen LogP contribution < -0.4 is 10.2 Å². The quantitative estimate of drug-likeness (QED) is 0.555. The molecule has 158 valence electrons. The van der Waals surface area contributed by atoms with Gasteiger partial charge in [0.1, 0.15) is 11.6 Å². The predicted molar refractivity (Wildman–Crippen MR) is 116 cm³/mol. The van der Waals surface area contributed by atoms with Crippen LogP contribution in [0.1, 0.15) is 41.7 Å². The first-order chi connectivity index (χ1) is 14.4. The van der Waals surface area contributed by atoms with Crippen molar-refractivity contribution < 1.29 is 14.0 Å². The molecule has 0 bridgehead atoms. The largest absolute Gasteiger partial charge is 0.467 e. The number of carbonyl (C=O) groups is 2. The van der Waals surface area contributed by atoms with Crippen LogP contribution in [-0.4, -0.2) is 39.4 Å². The molecule has 8 nitrogen and oxygen atoms in total. The number of hydrogen-bond donors (Lipinski definition) is 1. The summed E-state index contributed by atoms with van der Waals surface area (Å²) in [6, 6.07) is 10.6. The van der Waals surface area contributed by atoms with Gasteiger partial charge in [-0.15, -0.1) is 10.2 Å². The van der Waals surface area contributed by atoms with Crippen molar-refractivity contribution in [3.05, 3.63) is 59.8 Å². The predicted octanol–water partition coefficient (Wildman–Crippen LogP) is 3.22. The first-order valence-electron chi connectivity index (χ1n) is 9.56. The summed E-state index contributed by atoms with van der Waals surface area (Å²) < 4.78 is 7.14. The fraction of sp³-hybridized carbons (Fsp3) is 0.333. The fourth-order valence-corrected chi connectivity index (χ4v) is 3.78. The van der Waals surface area contributed by atoms with Gasteiger partial charge in [-0.3, -0.25) is 9.59 Å². The molecule has 0 aliphatic rings. The number of benzene rings is 1. The Hall–Kier alpha value is -3.07. The summed E-state index contributed by atoms with van der Waals surface area (Å²) in [4.78, 5) is 26.9. The number of thioether (sulfide) groups is 1. The van der Waals surface area contributed by atoms with Crippen LogP contribution in [0.5, 0.6) is 0 Å². The number of anilines is 1. The molecular weight excluding hydrogens is 402 g/mol.